The number of aromatic amines is 1. The molecule has 0 amide bonds. The normalized spacial score (nSPS) is 13.1. The summed E-state index contributed by atoms with van der Waals surface area (Å²) in [6.45, 7) is 4.29. The molecular formula is C18H22FN3O2. The molecule has 5 nitrogen and oxygen atoms in total. The lowest BCUT2D eigenvalue weighted by molar-refractivity contribution is 0.140. The predicted octanol–water partition coefficient (Wildman–Crippen LogP) is 3.43. The fraction of sp³-hybridized carbons (Fsp3) is 0.389. The second kappa shape index (κ2) is 6.37. The van der Waals surface area contributed by atoms with E-state index in [9.17, 15) is 9.50 Å². The molecule has 0 spiro atoms. The molecule has 0 aliphatic carbocycles. The van der Waals surface area contributed by atoms with Gasteiger partial charge in [-0.2, -0.15) is 0 Å². The molecule has 0 radical (unpaired) electrons. The Morgan fingerprint density at radius 2 is 2.12 bits per heavy atom. The van der Waals surface area contributed by atoms with Crippen molar-refractivity contribution in [1.29, 1.82) is 0 Å². The second-order valence-corrected chi connectivity index (χ2v) is 6.30. The van der Waals surface area contributed by atoms with Crippen LogP contribution in [0.3, 0.4) is 0 Å². The first-order chi connectivity index (χ1) is 11.4. The van der Waals surface area contributed by atoms with Gasteiger partial charge in [0.25, 0.3) is 0 Å². The molecule has 1 atom stereocenters. The standard InChI is InChI=1S/C18H22FN3O2/c1-5-15-16(10(2)21-24-15)18-17(14(23)9-22(3)4)12-8-11(19)6-7-13(12)20-18/h6-8,14,20,23H,5,9H2,1-4H3. The van der Waals surface area contributed by atoms with Crippen LogP contribution in [0, 0.1) is 12.7 Å². The minimum Gasteiger partial charge on any atom is -0.387 e. The van der Waals surface area contributed by atoms with Gasteiger partial charge in [-0.1, -0.05) is 12.1 Å². The van der Waals surface area contributed by atoms with E-state index in [1.165, 1.54) is 12.1 Å². The summed E-state index contributed by atoms with van der Waals surface area (Å²) in [7, 11) is 3.78. The molecule has 1 unspecified atom stereocenters. The molecule has 0 aliphatic heterocycles. The lowest BCUT2D eigenvalue weighted by Gasteiger charge is -2.17. The fourth-order valence-corrected chi connectivity index (χ4v) is 3.14. The largest absolute Gasteiger partial charge is 0.387 e. The van der Waals surface area contributed by atoms with Crippen molar-refractivity contribution in [2.24, 2.45) is 0 Å². The zero-order chi connectivity index (χ0) is 17.4. The van der Waals surface area contributed by atoms with Crippen molar-refractivity contribution in [3.05, 3.63) is 41.0 Å². The minimum atomic E-state index is -0.760. The van der Waals surface area contributed by atoms with Crippen molar-refractivity contribution >= 4 is 10.9 Å². The molecule has 0 saturated heterocycles. The van der Waals surface area contributed by atoms with E-state index >= 15 is 0 Å². The smallest absolute Gasteiger partial charge is 0.146 e. The highest BCUT2D eigenvalue weighted by molar-refractivity contribution is 5.92. The minimum absolute atomic E-state index is 0.330. The van der Waals surface area contributed by atoms with Crippen molar-refractivity contribution in [1.82, 2.24) is 15.0 Å². The summed E-state index contributed by atoms with van der Waals surface area (Å²) < 4.78 is 19.2. The van der Waals surface area contributed by atoms with Crippen molar-refractivity contribution in [2.45, 2.75) is 26.4 Å². The highest BCUT2D eigenvalue weighted by Crippen LogP contribution is 2.38. The topological polar surface area (TPSA) is 65.3 Å². The number of hydrogen-bond acceptors (Lipinski definition) is 4. The van der Waals surface area contributed by atoms with Crippen molar-refractivity contribution < 1.29 is 14.0 Å². The van der Waals surface area contributed by atoms with Gasteiger partial charge in [0.2, 0.25) is 0 Å². The maximum absolute atomic E-state index is 13.8. The van der Waals surface area contributed by atoms with Crippen LogP contribution in [0.2, 0.25) is 0 Å². The van der Waals surface area contributed by atoms with Gasteiger partial charge in [0.15, 0.2) is 0 Å². The number of hydrogen-bond donors (Lipinski definition) is 2. The summed E-state index contributed by atoms with van der Waals surface area (Å²) >= 11 is 0. The van der Waals surface area contributed by atoms with Crippen LogP contribution < -0.4 is 0 Å². The Morgan fingerprint density at radius 3 is 2.79 bits per heavy atom. The molecule has 0 aliphatic rings. The van der Waals surface area contributed by atoms with E-state index in [4.69, 9.17) is 4.52 Å². The number of nitrogens with one attached hydrogen (secondary N) is 1. The van der Waals surface area contributed by atoms with Crippen LogP contribution in [0.1, 0.15) is 30.0 Å². The van der Waals surface area contributed by atoms with Crippen LogP contribution >= 0.6 is 0 Å². The van der Waals surface area contributed by atoms with E-state index in [0.717, 1.165) is 28.2 Å². The summed E-state index contributed by atoms with van der Waals surface area (Å²) in [5.41, 5.74) is 3.81. The number of halogens is 1. The molecule has 24 heavy (non-hydrogen) atoms. The van der Waals surface area contributed by atoms with Gasteiger partial charge < -0.3 is 19.5 Å². The first kappa shape index (κ1) is 16.7. The zero-order valence-electron chi connectivity index (χ0n) is 14.4. The number of aliphatic hydroxyl groups excluding tert-OH is 1. The molecule has 0 fully saturated rings. The molecule has 6 heteroatoms. The number of H-pyrrole nitrogens is 1. The Hall–Kier alpha value is -2.18. The Labute approximate surface area is 140 Å². The third-order valence-corrected chi connectivity index (χ3v) is 4.18. The van der Waals surface area contributed by atoms with E-state index in [1.807, 2.05) is 32.8 Å². The van der Waals surface area contributed by atoms with Crippen molar-refractivity contribution in [3.63, 3.8) is 0 Å². The number of rotatable bonds is 5. The van der Waals surface area contributed by atoms with Crippen molar-refractivity contribution in [3.8, 4) is 11.3 Å². The number of aromatic nitrogens is 2. The maximum atomic E-state index is 13.8. The van der Waals surface area contributed by atoms with Crippen LogP contribution in [-0.4, -0.2) is 40.8 Å². The third-order valence-electron chi connectivity index (χ3n) is 4.18. The zero-order valence-corrected chi connectivity index (χ0v) is 14.4. The van der Waals surface area contributed by atoms with Gasteiger partial charge in [0.1, 0.15) is 11.6 Å². The van der Waals surface area contributed by atoms with E-state index in [-0.39, 0.29) is 5.82 Å². The number of nitrogens with zero attached hydrogens (tertiary/aromatic N) is 2. The fourth-order valence-electron chi connectivity index (χ4n) is 3.14. The molecule has 0 saturated carbocycles. The van der Waals surface area contributed by atoms with E-state index in [2.05, 4.69) is 10.1 Å². The van der Waals surface area contributed by atoms with E-state index in [1.54, 1.807) is 6.07 Å². The Bertz CT molecular complexity index is 867. The van der Waals surface area contributed by atoms with Gasteiger partial charge in [0.05, 0.1) is 23.1 Å². The van der Waals surface area contributed by atoms with Crippen LogP contribution in [0.15, 0.2) is 22.7 Å². The average Bonchev–Trinajstić information content (AvgIpc) is 3.05. The Balaban J connectivity index is 2.28. The predicted molar refractivity (Wildman–Crippen MR) is 91.4 cm³/mol. The number of benzene rings is 1. The molecule has 1 aromatic carbocycles. The first-order valence-corrected chi connectivity index (χ1v) is 8.01. The molecule has 3 aromatic rings. The SMILES string of the molecule is CCc1onc(C)c1-c1[nH]c2ccc(F)cc2c1C(O)CN(C)C. The third kappa shape index (κ3) is 2.83. The van der Waals surface area contributed by atoms with Gasteiger partial charge in [0, 0.05) is 29.4 Å². The summed E-state index contributed by atoms with van der Waals surface area (Å²) in [5.74, 6) is 0.418. The molecule has 2 aromatic heterocycles. The quantitative estimate of drug-likeness (QED) is 0.752. The summed E-state index contributed by atoms with van der Waals surface area (Å²) in [6, 6.07) is 4.55. The monoisotopic (exact) mass is 331 g/mol. The summed E-state index contributed by atoms with van der Waals surface area (Å²) in [6.07, 6.45) is -0.0760. The molecular weight excluding hydrogens is 309 g/mol. The van der Waals surface area contributed by atoms with Crippen LogP contribution in [-0.2, 0) is 6.42 Å². The second-order valence-electron chi connectivity index (χ2n) is 6.30. The molecule has 2 heterocycles. The highest BCUT2D eigenvalue weighted by atomic mass is 19.1. The number of likely N-dealkylation sites (N-methyl/N-ethyl adjacent to an activating group) is 1. The van der Waals surface area contributed by atoms with Gasteiger partial charge in [-0.05, 0) is 39.2 Å². The molecule has 3 rings (SSSR count). The van der Waals surface area contributed by atoms with Gasteiger partial charge in [-0.15, -0.1) is 0 Å². The molecule has 128 valence electrons. The Kier molecular flexibility index (Phi) is 4.43. The van der Waals surface area contributed by atoms with Crippen molar-refractivity contribution in [2.75, 3.05) is 20.6 Å². The lowest BCUT2D eigenvalue weighted by Crippen LogP contribution is -2.20. The van der Waals surface area contributed by atoms with Gasteiger partial charge in [-0.3, -0.25) is 0 Å². The average molecular weight is 331 g/mol. The number of aliphatic hydroxyl groups is 1. The Morgan fingerprint density at radius 1 is 1.38 bits per heavy atom. The lowest BCUT2D eigenvalue weighted by atomic mass is 9.98. The van der Waals surface area contributed by atoms with Gasteiger partial charge in [-0.25, -0.2) is 4.39 Å². The van der Waals surface area contributed by atoms with E-state index < -0.39 is 6.10 Å². The summed E-state index contributed by atoms with van der Waals surface area (Å²) in [5, 5.41) is 15.5. The van der Waals surface area contributed by atoms with Gasteiger partial charge >= 0.3 is 0 Å². The number of aryl methyl sites for hydroxylation is 2. The maximum Gasteiger partial charge on any atom is 0.146 e. The van der Waals surface area contributed by atoms with Crippen LogP contribution in [0.4, 0.5) is 4.39 Å². The first-order valence-electron chi connectivity index (χ1n) is 8.01. The number of fused-ring (bicyclic) bond motifs is 1. The van der Waals surface area contributed by atoms with Crippen LogP contribution in [0.5, 0.6) is 0 Å². The van der Waals surface area contributed by atoms with E-state index in [0.29, 0.717) is 23.9 Å². The highest BCUT2D eigenvalue weighted by Gasteiger charge is 2.25. The van der Waals surface area contributed by atoms with Crippen LogP contribution in [0.25, 0.3) is 22.2 Å². The summed E-state index contributed by atoms with van der Waals surface area (Å²) in [4.78, 5) is 5.21. The molecule has 0 bridgehead atoms. The molecule has 2 N–H and O–H groups in total.